The summed E-state index contributed by atoms with van der Waals surface area (Å²) < 4.78 is 5.76. The van der Waals surface area contributed by atoms with Gasteiger partial charge in [0.1, 0.15) is 11.6 Å². The molecule has 1 aromatic carbocycles. The minimum absolute atomic E-state index is 0. The van der Waals surface area contributed by atoms with E-state index in [0.29, 0.717) is 12.0 Å². The highest BCUT2D eigenvalue weighted by Crippen LogP contribution is 2.18. The number of hydrogen-bond donors (Lipinski definition) is 2. The summed E-state index contributed by atoms with van der Waals surface area (Å²) in [5.74, 6) is 3.44. The topological polar surface area (TPSA) is 61.8 Å². The molecule has 0 radical (unpaired) electrons. The summed E-state index contributed by atoms with van der Waals surface area (Å²) in [6, 6.07) is 15.1. The zero-order valence-electron chi connectivity index (χ0n) is 19.8. The van der Waals surface area contributed by atoms with Crippen molar-refractivity contribution in [3.63, 3.8) is 0 Å². The number of hydrogen-bond acceptors (Lipinski definition) is 4. The van der Waals surface area contributed by atoms with E-state index in [1.165, 1.54) is 5.56 Å². The molecular weight excluding hydrogens is 513 g/mol. The Morgan fingerprint density at radius 2 is 1.88 bits per heavy atom. The molecule has 7 heteroatoms. The number of pyridine rings is 1. The first-order valence-corrected chi connectivity index (χ1v) is 11.4. The molecule has 2 heterocycles. The van der Waals surface area contributed by atoms with Crippen molar-refractivity contribution >= 4 is 35.8 Å². The van der Waals surface area contributed by atoms with Crippen molar-refractivity contribution in [2.24, 2.45) is 10.9 Å². The SMILES string of the molecule is CN=C(NCCc1ccc(OCC(C)C)cc1)NC1CCN(c2cccc(C)n2)CC1.I. The number of aliphatic imine (C=N–C) groups is 1. The number of nitrogens with one attached hydrogen (secondary N) is 2. The molecule has 0 amide bonds. The second kappa shape index (κ2) is 13.5. The van der Waals surface area contributed by atoms with Crippen LogP contribution in [0.15, 0.2) is 47.5 Å². The number of guanidine groups is 1. The number of aromatic nitrogens is 1. The van der Waals surface area contributed by atoms with Crippen LogP contribution in [0.1, 0.15) is 37.9 Å². The fourth-order valence-corrected chi connectivity index (χ4v) is 3.69. The molecule has 0 bridgehead atoms. The molecule has 0 atom stereocenters. The van der Waals surface area contributed by atoms with Gasteiger partial charge in [-0.15, -0.1) is 24.0 Å². The second-order valence-electron chi connectivity index (χ2n) is 8.64. The smallest absolute Gasteiger partial charge is 0.191 e. The van der Waals surface area contributed by atoms with Gasteiger partial charge >= 0.3 is 0 Å². The van der Waals surface area contributed by atoms with E-state index in [2.05, 4.69) is 75.8 Å². The summed E-state index contributed by atoms with van der Waals surface area (Å²) in [6.45, 7) is 9.98. The highest BCUT2D eigenvalue weighted by molar-refractivity contribution is 14.0. The molecule has 32 heavy (non-hydrogen) atoms. The predicted molar refractivity (Wildman–Crippen MR) is 145 cm³/mol. The zero-order valence-corrected chi connectivity index (χ0v) is 22.1. The van der Waals surface area contributed by atoms with Gasteiger partial charge in [0, 0.05) is 38.4 Å². The standard InChI is InChI=1S/C25H37N5O.HI/c1-19(2)18-31-23-10-8-21(9-11-23)12-15-27-25(26-4)29-22-13-16-30(17-14-22)24-7-5-6-20(3)28-24;/h5-11,19,22H,12-18H2,1-4H3,(H2,26,27,29);1H. The van der Waals surface area contributed by atoms with Crippen LogP contribution in [-0.2, 0) is 6.42 Å². The maximum atomic E-state index is 5.76. The monoisotopic (exact) mass is 551 g/mol. The Morgan fingerprint density at radius 1 is 1.16 bits per heavy atom. The molecule has 0 spiro atoms. The number of piperidine rings is 1. The lowest BCUT2D eigenvalue weighted by atomic mass is 10.1. The van der Waals surface area contributed by atoms with Crippen LogP contribution in [-0.4, -0.2) is 50.3 Å². The van der Waals surface area contributed by atoms with E-state index in [-0.39, 0.29) is 24.0 Å². The lowest BCUT2D eigenvalue weighted by molar-refractivity contribution is 0.271. The van der Waals surface area contributed by atoms with Gasteiger partial charge in [-0.05, 0) is 61.9 Å². The molecule has 2 N–H and O–H groups in total. The van der Waals surface area contributed by atoms with Gasteiger partial charge in [0.25, 0.3) is 0 Å². The lowest BCUT2D eigenvalue weighted by Gasteiger charge is -2.34. The number of benzene rings is 1. The summed E-state index contributed by atoms with van der Waals surface area (Å²) in [7, 11) is 1.84. The Morgan fingerprint density at radius 3 is 2.50 bits per heavy atom. The van der Waals surface area contributed by atoms with Gasteiger partial charge in [0.2, 0.25) is 0 Å². The molecule has 0 unspecified atom stereocenters. The molecule has 1 aromatic heterocycles. The first-order valence-electron chi connectivity index (χ1n) is 11.4. The van der Waals surface area contributed by atoms with E-state index in [1.807, 2.05) is 20.0 Å². The third kappa shape index (κ3) is 8.48. The average Bonchev–Trinajstić information content (AvgIpc) is 2.78. The zero-order chi connectivity index (χ0) is 22.1. The fraction of sp³-hybridized carbons (Fsp3) is 0.520. The normalized spacial score (nSPS) is 14.8. The van der Waals surface area contributed by atoms with Gasteiger partial charge in [-0.25, -0.2) is 4.98 Å². The van der Waals surface area contributed by atoms with Crippen molar-refractivity contribution in [3.8, 4) is 5.75 Å². The Hall–Kier alpha value is -2.03. The Bertz CT molecular complexity index is 832. The Balaban J connectivity index is 0.00000363. The number of aryl methyl sites for hydroxylation is 1. The number of rotatable bonds is 8. The first kappa shape index (κ1) is 26.2. The lowest BCUT2D eigenvalue weighted by Crippen LogP contribution is -2.49. The van der Waals surface area contributed by atoms with Crippen LogP contribution in [0.3, 0.4) is 0 Å². The molecule has 3 rings (SSSR count). The van der Waals surface area contributed by atoms with Gasteiger partial charge in [-0.2, -0.15) is 0 Å². The number of halogens is 1. The van der Waals surface area contributed by atoms with E-state index in [9.17, 15) is 0 Å². The number of anilines is 1. The van der Waals surface area contributed by atoms with Crippen molar-refractivity contribution in [2.45, 2.75) is 46.1 Å². The molecule has 1 aliphatic rings. The molecule has 0 aliphatic carbocycles. The summed E-state index contributed by atoms with van der Waals surface area (Å²) in [6.07, 6.45) is 3.10. The summed E-state index contributed by atoms with van der Waals surface area (Å²) in [5, 5.41) is 7.04. The van der Waals surface area contributed by atoms with Crippen LogP contribution >= 0.6 is 24.0 Å². The molecule has 0 saturated carbocycles. The van der Waals surface area contributed by atoms with Gasteiger partial charge in [0.05, 0.1) is 6.61 Å². The highest BCUT2D eigenvalue weighted by atomic mass is 127. The van der Waals surface area contributed by atoms with E-state index < -0.39 is 0 Å². The molecule has 1 saturated heterocycles. The molecule has 1 fully saturated rings. The second-order valence-corrected chi connectivity index (χ2v) is 8.64. The Labute approximate surface area is 210 Å². The predicted octanol–water partition coefficient (Wildman–Crippen LogP) is 4.42. The highest BCUT2D eigenvalue weighted by Gasteiger charge is 2.20. The quantitative estimate of drug-likeness (QED) is 0.289. The van der Waals surface area contributed by atoms with Crippen molar-refractivity contribution < 1.29 is 4.74 Å². The van der Waals surface area contributed by atoms with Gasteiger partial charge in [-0.3, -0.25) is 4.99 Å². The third-order valence-electron chi connectivity index (χ3n) is 5.47. The fourth-order valence-electron chi connectivity index (χ4n) is 3.69. The van der Waals surface area contributed by atoms with Crippen LogP contribution in [0.5, 0.6) is 5.75 Å². The van der Waals surface area contributed by atoms with Gasteiger partial charge in [0.15, 0.2) is 5.96 Å². The minimum atomic E-state index is 0. The first-order chi connectivity index (χ1) is 15.0. The summed E-state index contributed by atoms with van der Waals surface area (Å²) >= 11 is 0. The van der Waals surface area contributed by atoms with Crippen LogP contribution in [0.4, 0.5) is 5.82 Å². The van der Waals surface area contributed by atoms with Crippen LogP contribution in [0.2, 0.25) is 0 Å². The van der Waals surface area contributed by atoms with E-state index in [1.54, 1.807) is 0 Å². The molecule has 2 aromatic rings. The summed E-state index contributed by atoms with van der Waals surface area (Å²) in [5.41, 5.74) is 2.36. The van der Waals surface area contributed by atoms with Gasteiger partial charge in [-0.1, -0.05) is 32.0 Å². The summed E-state index contributed by atoms with van der Waals surface area (Å²) in [4.78, 5) is 11.4. The van der Waals surface area contributed by atoms with E-state index in [0.717, 1.165) is 68.7 Å². The maximum absolute atomic E-state index is 5.76. The van der Waals surface area contributed by atoms with Crippen molar-refractivity contribution in [1.29, 1.82) is 0 Å². The molecule has 1 aliphatic heterocycles. The minimum Gasteiger partial charge on any atom is -0.493 e. The number of nitrogens with zero attached hydrogens (tertiary/aromatic N) is 3. The largest absolute Gasteiger partial charge is 0.493 e. The van der Waals surface area contributed by atoms with Crippen LogP contribution in [0, 0.1) is 12.8 Å². The van der Waals surface area contributed by atoms with E-state index >= 15 is 0 Å². The van der Waals surface area contributed by atoms with Crippen LogP contribution in [0.25, 0.3) is 0 Å². The Kier molecular flexibility index (Phi) is 11.1. The molecular formula is C25H38IN5O. The van der Waals surface area contributed by atoms with Crippen molar-refractivity contribution in [1.82, 2.24) is 15.6 Å². The van der Waals surface area contributed by atoms with Gasteiger partial charge < -0.3 is 20.3 Å². The average molecular weight is 552 g/mol. The van der Waals surface area contributed by atoms with Crippen LogP contribution < -0.4 is 20.3 Å². The maximum Gasteiger partial charge on any atom is 0.191 e. The van der Waals surface area contributed by atoms with Crippen molar-refractivity contribution in [2.75, 3.05) is 38.2 Å². The number of ether oxygens (including phenoxy) is 1. The molecule has 176 valence electrons. The third-order valence-corrected chi connectivity index (χ3v) is 5.47. The van der Waals surface area contributed by atoms with Crippen molar-refractivity contribution in [3.05, 3.63) is 53.7 Å². The molecule has 6 nitrogen and oxygen atoms in total. The van der Waals surface area contributed by atoms with E-state index in [4.69, 9.17) is 4.74 Å².